The van der Waals surface area contributed by atoms with Crippen LogP contribution in [-0.4, -0.2) is 29.4 Å². The van der Waals surface area contributed by atoms with Gasteiger partial charge in [0.05, 0.1) is 16.9 Å². The Kier molecular flexibility index (Phi) is 8.52. The molecular formula is C40H43BN4O2. The summed E-state index contributed by atoms with van der Waals surface area (Å²) in [7, 11) is 1.93. The number of hydrogen-bond acceptors (Lipinski definition) is 6. The number of rotatable bonds is 7. The number of carbonyl (C=O) groups is 2. The maximum atomic E-state index is 13.7. The number of aromatic nitrogens is 2. The third kappa shape index (κ3) is 5.42. The van der Waals surface area contributed by atoms with E-state index >= 15 is 0 Å². The molecular weight excluding hydrogens is 579 g/mol. The minimum absolute atomic E-state index is 0.164. The van der Waals surface area contributed by atoms with Gasteiger partial charge in [-0.25, -0.2) is 9.97 Å². The number of benzene rings is 3. The van der Waals surface area contributed by atoms with E-state index in [1.165, 1.54) is 22.3 Å². The number of carbonyl (C=O) groups excluding carboxylic acids is 2. The first-order valence-electron chi connectivity index (χ1n) is 16.7. The number of fused-ring (bicyclic) bond motifs is 2. The fourth-order valence-electron chi connectivity index (χ4n) is 6.83. The Labute approximate surface area is 279 Å². The Balaban J connectivity index is 1.70. The lowest BCUT2D eigenvalue weighted by Crippen LogP contribution is -2.26. The van der Waals surface area contributed by atoms with Gasteiger partial charge in [-0.2, -0.15) is 0 Å². The molecule has 2 aliphatic rings. The predicted octanol–water partition coefficient (Wildman–Crippen LogP) is 8.37. The molecule has 6 rings (SSSR count). The van der Waals surface area contributed by atoms with Crippen LogP contribution in [0.5, 0.6) is 0 Å². The second kappa shape index (κ2) is 12.4. The standard InChI is InChI=1S/C40H43BN4O2/c1-22(2)27-11-9-12-28(23(3)4)35(27)44-34(18-17-32-37(46)31-16-15-26(41)21-33(31)38(32)47)45(40-39(44)42-19-20-43-40)36-29(24(5)6)13-10-14-30(36)25(7)8/h9-25H,41H2,1-8H3/b32-17+. The van der Waals surface area contributed by atoms with Crippen molar-refractivity contribution in [1.82, 2.24) is 9.97 Å². The summed E-state index contributed by atoms with van der Waals surface area (Å²) < 4.78 is 0. The molecule has 47 heavy (non-hydrogen) atoms. The van der Waals surface area contributed by atoms with Crippen LogP contribution in [0.1, 0.15) is 122 Å². The van der Waals surface area contributed by atoms with E-state index in [0.717, 1.165) is 22.7 Å². The first-order valence-corrected chi connectivity index (χ1v) is 16.7. The molecule has 0 unspecified atom stereocenters. The van der Waals surface area contributed by atoms with Crippen molar-refractivity contribution in [1.29, 1.82) is 0 Å². The molecule has 4 aromatic rings. The zero-order valence-electron chi connectivity index (χ0n) is 28.9. The average Bonchev–Trinajstić information content (AvgIpc) is 3.48. The summed E-state index contributed by atoms with van der Waals surface area (Å²) in [6, 6.07) is 18.5. The van der Waals surface area contributed by atoms with Crippen molar-refractivity contribution in [2.45, 2.75) is 79.1 Å². The van der Waals surface area contributed by atoms with E-state index in [2.05, 4.69) is 102 Å². The lowest BCUT2D eigenvalue weighted by molar-refractivity contribution is 0.0988. The highest BCUT2D eigenvalue weighted by molar-refractivity contribution is 6.41. The summed E-state index contributed by atoms with van der Waals surface area (Å²) in [6.07, 6.45) is 7.11. The largest absolute Gasteiger partial charge is 0.288 e. The normalized spacial score (nSPS) is 15.2. The van der Waals surface area contributed by atoms with Gasteiger partial charge in [-0.05, 0) is 58.1 Å². The molecule has 0 spiro atoms. The Bertz CT molecular complexity index is 1830. The van der Waals surface area contributed by atoms with Crippen LogP contribution in [0, 0.1) is 0 Å². The zero-order chi connectivity index (χ0) is 33.7. The first kappa shape index (κ1) is 32.2. The number of anilines is 4. The van der Waals surface area contributed by atoms with E-state index in [0.29, 0.717) is 22.8 Å². The molecule has 1 aliphatic heterocycles. The number of para-hydroxylation sites is 2. The van der Waals surface area contributed by atoms with Crippen molar-refractivity contribution >= 4 is 47.9 Å². The Morgan fingerprint density at radius 2 is 1.02 bits per heavy atom. The van der Waals surface area contributed by atoms with Crippen LogP contribution in [0.4, 0.5) is 23.0 Å². The molecule has 3 aromatic carbocycles. The molecule has 0 fully saturated rings. The number of hydrogen-bond donors (Lipinski definition) is 0. The second-order valence-corrected chi connectivity index (χ2v) is 13.9. The molecule has 6 nitrogen and oxygen atoms in total. The van der Waals surface area contributed by atoms with Crippen molar-refractivity contribution in [3.8, 4) is 0 Å². The maximum absolute atomic E-state index is 13.7. The molecule has 2 heterocycles. The molecule has 0 radical (unpaired) electrons. The smallest absolute Gasteiger partial charge is 0.197 e. The van der Waals surface area contributed by atoms with Crippen LogP contribution < -0.4 is 15.3 Å². The van der Waals surface area contributed by atoms with E-state index in [9.17, 15) is 9.59 Å². The molecule has 238 valence electrons. The van der Waals surface area contributed by atoms with Crippen molar-refractivity contribution < 1.29 is 9.59 Å². The van der Waals surface area contributed by atoms with Gasteiger partial charge in [-0.1, -0.05) is 115 Å². The number of allylic oxidation sites excluding steroid dienone is 3. The van der Waals surface area contributed by atoms with Gasteiger partial charge in [0.25, 0.3) is 0 Å². The van der Waals surface area contributed by atoms with Gasteiger partial charge in [0.1, 0.15) is 13.7 Å². The van der Waals surface area contributed by atoms with Crippen molar-refractivity contribution in [2.24, 2.45) is 0 Å². The van der Waals surface area contributed by atoms with Crippen LogP contribution in [-0.2, 0) is 0 Å². The third-order valence-electron chi connectivity index (χ3n) is 9.23. The average molecular weight is 623 g/mol. The van der Waals surface area contributed by atoms with Gasteiger partial charge in [0.2, 0.25) is 0 Å². The Morgan fingerprint density at radius 3 is 1.45 bits per heavy atom. The quantitative estimate of drug-likeness (QED) is 0.117. The summed E-state index contributed by atoms with van der Waals surface area (Å²) in [5.41, 5.74) is 8.89. The highest BCUT2D eigenvalue weighted by atomic mass is 16.2. The lowest BCUT2D eigenvalue weighted by atomic mass is 9.91. The second-order valence-electron chi connectivity index (χ2n) is 13.9. The summed E-state index contributed by atoms with van der Waals surface area (Å²) in [4.78, 5) is 41.7. The summed E-state index contributed by atoms with van der Waals surface area (Å²) in [6.45, 7) is 17.7. The molecule has 7 heteroatoms. The van der Waals surface area contributed by atoms with E-state index in [1.807, 2.05) is 26.1 Å². The zero-order valence-corrected chi connectivity index (χ0v) is 28.9. The minimum atomic E-state index is -0.248. The molecule has 0 amide bonds. The fourth-order valence-corrected chi connectivity index (χ4v) is 6.83. The summed E-state index contributed by atoms with van der Waals surface area (Å²) in [5, 5.41) is 0. The van der Waals surface area contributed by atoms with Crippen LogP contribution in [0.3, 0.4) is 0 Å². The topological polar surface area (TPSA) is 66.4 Å². The Morgan fingerprint density at radius 1 is 0.596 bits per heavy atom. The fraction of sp³-hybridized carbons (Fsp3) is 0.300. The summed E-state index contributed by atoms with van der Waals surface area (Å²) in [5.74, 6) is 2.60. The molecule has 0 bridgehead atoms. The van der Waals surface area contributed by atoms with Gasteiger partial charge >= 0.3 is 0 Å². The predicted molar refractivity (Wildman–Crippen MR) is 195 cm³/mol. The van der Waals surface area contributed by atoms with Crippen molar-refractivity contribution in [3.63, 3.8) is 0 Å². The highest BCUT2D eigenvalue weighted by Gasteiger charge is 2.41. The lowest BCUT2D eigenvalue weighted by Gasteiger charge is -2.32. The molecule has 0 atom stereocenters. The van der Waals surface area contributed by atoms with Gasteiger partial charge in [-0.15, -0.1) is 0 Å². The van der Waals surface area contributed by atoms with E-state index in [-0.39, 0.29) is 40.8 Å². The minimum Gasteiger partial charge on any atom is -0.288 e. The first-order chi connectivity index (χ1) is 22.4. The highest BCUT2D eigenvalue weighted by Crippen LogP contribution is 2.53. The SMILES string of the molecule is Bc1ccc2c(c1)C(=O)/C(=C/C=C1N(c3c(C(C)C)cccc3C(C)C)c3nccnc3N1c1c(C(C)C)cccc1C(C)C)C2=O. The van der Waals surface area contributed by atoms with Crippen LogP contribution >= 0.6 is 0 Å². The van der Waals surface area contributed by atoms with Gasteiger partial charge in [0.15, 0.2) is 23.2 Å². The number of ketones is 2. The number of Topliss-reactive ketones (excluding diaryl/α,β-unsaturated/α-hetero) is 2. The molecule has 0 saturated heterocycles. The van der Waals surface area contributed by atoms with Gasteiger partial charge < -0.3 is 0 Å². The van der Waals surface area contributed by atoms with Crippen LogP contribution in [0.25, 0.3) is 0 Å². The maximum Gasteiger partial charge on any atom is 0.197 e. The Hall–Kier alpha value is -4.78. The van der Waals surface area contributed by atoms with Crippen molar-refractivity contribution in [3.05, 3.63) is 124 Å². The molecule has 1 aromatic heterocycles. The van der Waals surface area contributed by atoms with Crippen LogP contribution in [0.15, 0.2) is 90.5 Å². The van der Waals surface area contributed by atoms with Gasteiger partial charge in [0, 0.05) is 23.5 Å². The van der Waals surface area contributed by atoms with Crippen molar-refractivity contribution in [2.75, 3.05) is 9.80 Å². The molecule has 0 N–H and O–H groups in total. The summed E-state index contributed by atoms with van der Waals surface area (Å²) >= 11 is 0. The van der Waals surface area contributed by atoms with E-state index in [1.54, 1.807) is 24.5 Å². The monoisotopic (exact) mass is 622 g/mol. The van der Waals surface area contributed by atoms with E-state index in [4.69, 9.17) is 9.97 Å². The molecule has 0 saturated carbocycles. The number of nitrogens with zero attached hydrogens (tertiary/aromatic N) is 4. The third-order valence-corrected chi connectivity index (χ3v) is 9.23. The van der Waals surface area contributed by atoms with Crippen LogP contribution in [0.2, 0.25) is 0 Å². The van der Waals surface area contributed by atoms with Gasteiger partial charge in [-0.3, -0.25) is 19.4 Å². The molecule has 1 aliphatic carbocycles. The van der Waals surface area contributed by atoms with E-state index < -0.39 is 0 Å².